The fraction of sp³-hybridized carbons (Fsp3) is 0.692. The van der Waals surface area contributed by atoms with E-state index in [1.807, 2.05) is 0 Å². The third kappa shape index (κ3) is 99.1. The van der Waals surface area contributed by atoms with E-state index in [1.165, 1.54) is 180 Å². The second-order valence-electron chi connectivity index (χ2n) is 33.2. The average molecular weight is 1790 g/mol. The topological polar surface area (TPSA) is 231 Å². The van der Waals surface area contributed by atoms with E-state index in [0.29, 0.717) is 19.3 Å². The summed E-state index contributed by atoms with van der Waals surface area (Å²) in [6.07, 6.45) is 129. The number of carbonyl (C=O) groups is 3. The van der Waals surface area contributed by atoms with E-state index in [9.17, 15) is 43.5 Å². The Bertz CT molecular complexity index is 3000. The number of rotatable bonds is 94. The molecule has 0 radical (unpaired) electrons. The van der Waals surface area contributed by atoms with Gasteiger partial charge in [0.25, 0.3) is 0 Å². The molecule has 0 aliphatic heterocycles. The molecule has 0 amide bonds. The molecule has 5 unspecified atom stereocenters. The highest BCUT2D eigenvalue weighted by Crippen LogP contribution is 2.45. The predicted octanol–water partition coefficient (Wildman–Crippen LogP) is 31.6. The molecule has 0 aliphatic rings. The van der Waals surface area contributed by atoms with Crippen molar-refractivity contribution in [1.82, 2.24) is 0 Å². The van der Waals surface area contributed by atoms with E-state index in [-0.39, 0.29) is 19.3 Å². The van der Waals surface area contributed by atoms with Gasteiger partial charge < -0.3 is 34.2 Å². The van der Waals surface area contributed by atoms with Gasteiger partial charge in [-0.15, -0.1) is 0 Å². The van der Waals surface area contributed by atoms with Gasteiger partial charge in [0.2, 0.25) is 0 Å². The minimum absolute atomic E-state index is 0.0883. The summed E-state index contributed by atoms with van der Waals surface area (Å²) in [6, 6.07) is 0. The molecule has 0 heterocycles. The van der Waals surface area contributed by atoms with Crippen molar-refractivity contribution in [2.75, 3.05) is 39.6 Å². The summed E-state index contributed by atoms with van der Waals surface area (Å²) in [7, 11) is -9.82. The zero-order valence-corrected chi connectivity index (χ0v) is 81.0. The summed E-state index contributed by atoms with van der Waals surface area (Å²) >= 11 is 0. The number of aliphatic hydroxyl groups excluding tert-OH is 2. The molecule has 0 spiro atoms. The molecule has 0 saturated carbocycles. The normalized spacial score (nSPS) is 14.5. The van der Waals surface area contributed by atoms with Crippen molar-refractivity contribution in [3.05, 3.63) is 182 Å². The monoisotopic (exact) mass is 1790 g/mol. The first kappa shape index (κ1) is 120. The molecule has 5 atom stereocenters. The van der Waals surface area contributed by atoms with E-state index < -0.39 is 91.5 Å². The van der Waals surface area contributed by atoms with E-state index in [1.54, 1.807) is 0 Å². The third-order valence-electron chi connectivity index (χ3n) is 21.1. The largest absolute Gasteiger partial charge is 0.472 e. The lowest BCUT2D eigenvalue weighted by atomic mass is 10.0. The van der Waals surface area contributed by atoms with Crippen molar-refractivity contribution in [3.63, 3.8) is 0 Å². The fourth-order valence-corrected chi connectivity index (χ4v) is 15.2. The summed E-state index contributed by atoms with van der Waals surface area (Å²) < 4.78 is 61.6. The first-order valence-electron chi connectivity index (χ1n) is 50.1. The lowest BCUT2D eigenvalue weighted by Gasteiger charge is -2.21. The van der Waals surface area contributed by atoms with Crippen LogP contribution in [0.2, 0.25) is 0 Å². The molecular formula is C107H182O16P2. The Morgan fingerprint density at radius 1 is 0.232 bits per heavy atom. The molecule has 16 nitrogen and oxygen atoms in total. The lowest BCUT2D eigenvalue weighted by Crippen LogP contribution is -2.30. The highest BCUT2D eigenvalue weighted by atomic mass is 31.2. The predicted molar refractivity (Wildman–Crippen MR) is 528 cm³/mol. The SMILES string of the molecule is CC/C=C\C/C=C\C/C=C\C/C=C\C/C=C\C/C=C\CCCCCCCCCCCCCCCCC(=O)OCC(O)COP(=O)(O)OCC(O)COP(=O)(O)OCC(COC(=O)CCCCCCCCCCCCCCCCCCC/C=C\C/C=C\C/C=C\C/C=C\CCCCC)OC(=O)CCCCCCCCC/C=C\C/C=C\C/C=C\C/C=C\C/C=C\CC. The first-order chi connectivity index (χ1) is 61.2. The van der Waals surface area contributed by atoms with Crippen molar-refractivity contribution < 1.29 is 75.8 Å². The van der Waals surface area contributed by atoms with Gasteiger partial charge in [0.05, 0.1) is 26.4 Å². The molecule has 0 aromatic rings. The minimum Gasteiger partial charge on any atom is -0.463 e. The highest BCUT2D eigenvalue weighted by molar-refractivity contribution is 7.47. The molecule has 0 saturated heterocycles. The number of allylic oxidation sites excluding steroid dienone is 30. The number of ether oxygens (including phenoxy) is 3. The van der Waals surface area contributed by atoms with Crippen LogP contribution in [-0.2, 0) is 55.8 Å². The van der Waals surface area contributed by atoms with Gasteiger partial charge in [0.1, 0.15) is 25.4 Å². The maximum absolute atomic E-state index is 13.1. The van der Waals surface area contributed by atoms with E-state index >= 15 is 0 Å². The Kier molecular flexibility index (Phi) is 93.5. The lowest BCUT2D eigenvalue weighted by molar-refractivity contribution is -0.161. The van der Waals surface area contributed by atoms with Gasteiger partial charge >= 0.3 is 33.6 Å². The number of phosphoric acid groups is 2. The summed E-state index contributed by atoms with van der Waals surface area (Å²) in [4.78, 5) is 59.2. The number of unbranched alkanes of at least 4 members (excludes halogenated alkanes) is 41. The Morgan fingerprint density at radius 2 is 0.424 bits per heavy atom. The van der Waals surface area contributed by atoms with Crippen molar-refractivity contribution in [2.24, 2.45) is 0 Å². The molecule has 0 fully saturated rings. The van der Waals surface area contributed by atoms with Crippen LogP contribution in [0.3, 0.4) is 0 Å². The summed E-state index contributed by atoms with van der Waals surface area (Å²) in [6.45, 7) is 2.47. The zero-order chi connectivity index (χ0) is 90.7. The van der Waals surface area contributed by atoms with Gasteiger partial charge in [-0.25, -0.2) is 9.13 Å². The smallest absolute Gasteiger partial charge is 0.463 e. The summed E-state index contributed by atoms with van der Waals surface area (Å²) in [5.74, 6) is -1.58. The molecule has 0 aromatic heterocycles. The molecule has 18 heteroatoms. The number of esters is 3. The van der Waals surface area contributed by atoms with Crippen LogP contribution in [0.4, 0.5) is 0 Å². The maximum atomic E-state index is 13.1. The second-order valence-corrected chi connectivity index (χ2v) is 36.1. The summed E-state index contributed by atoms with van der Waals surface area (Å²) in [5, 5.41) is 20.8. The second kappa shape index (κ2) is 97.7. The number of hydrogen-bond acceptors (Lipinski definition) is 14. The highest BCUT2D eigenvalue weighted by Gasteiger charge is 2.30. The van der Waals surface area contributed by atoms with Gasteiger partial charge in [-0.3, -0.25) is 32.5 Å². The maximum Gasteiger partial charge on any atom is 0.472 e. The Balaban J connectivity index is 4.58. The van der Waals surface area contributed by atoms with Crippen LogP contribution in [0.25, 0.3) is 0 Å². The molecule has 125 heavy (non-hydrogen) atoms. The van der Waals surface area contributed by atoms with Gasteiger partial charge in [0, 0.05) is 19.3 Å². The van der Waals surface area contributed by atoms with Crippen LogP contribution >= 0.6 is 15.6 Å². The Hall–Kier alpha value is -5.35. The summed E-state index contributed by atoms with van der Waals surface area (Å²) in [5.41, 5.74) is 0. The van der Waals surface area contributed by atoms with Crippen molar-refractivity contribution in [1.29, 1.82) is 0 Å². The van der Waals surface area contributed by atoms with Crippen molar-refractivity contribution in [3.8, 4) is 0 Å². The van der Waals surface area contributed by atoms with Crippen molar-refractivity contribution >= 4 is 33.6 Å². The van der Waals surface area contributed by atoms with Gasteiger partial charge in [-0.05, 0) is 161 Å². The number of carbonyl (C=O) groups excluding carboxylic acids is 3. The van der Waals surface area contributed by atoms with Gasteiger partial charge in [0.15, 0.2) is 6.10 Å². The fourth-order valence-electron chi connectivity index (χ4n) is 13.6. The molecule has 0 rings (SSSR count). The van der Waals surface area contributed by atoms with Crippen LogP contribution in [0.15, 0.2) is 182 Å². The minimum atomic E-state index is -4.95. The molecule has 0 aromatic carbocycles. The van der Waals surface area contributed by atoms with E-state index in [2.05, 4.69) is 203 Å². The third-order valence-corrected chi connectivity index (χ3v) is 23.0. The number of phosphoric ester groups is 2. The standard InChI is InChI=1S/C107H182O16P2/c1-4-7-10-13-16-19-22-25-28-31-34-37-40-42-44-46-48-50-52-54-56-58-61-63-66-69-72-75-78-81-84-87-90-93-105(110)117-96-102(108)97-119-124(113,114)120-98-103(109)99-121-125(115,116)122-101-104(123-107(112)95-92-89-86-83-80-77-74-71-68-65-60-39-36-33-30-27-24-21-18-15-12-9-6-3)100-118-106(111)94-91-88-85-82-79-76-73-70-67-64-62-59-57-55-53-51-49-47-45-43-41-38-35-32-29-26-23-20-17-14-11-8-5-2/h7,9-10,12,16-21,25-30,34-39,42-45,48,50,65,68,102-104,108-109H,4-6,8,11,13-15,22-24,31-33,40-41,46-47,49,51-64,66-67,69-101H2,1-3H3,(H,113,114)(H,115,116)/b10-7-,12-9-,19-16-,20-17-,21-18-,28-25-,29-26-,30-27-,37-34-,38-35-,39-36-,44-42-,45-43-,50-48-,68-65-. The van der Waals surface area contributed by atoms with Gasteiger partial charge in [-0.1, -0.05) is 421 Å². The number of aliphatic hydroxyl groups is 2. The Morgan fingerprint density at radius 3 is 0.672 bits per heavy atom. The van der Waals surface area contributed by atoms with E-state index in [4.69, 9.17) is 32.3 Å². The van der Waals surface area contributed by atoms with E-state index in [0.717, 1.165) is 180 Å². The molecular weight excluding hydrogens is 1600 g/mol. The molecule has 0 aliphatic carbocycles. The van der Waals surface area contributed by atoms with Gasteiger partial charge in [-0.2, -0.15) is 0 Å². The average Bonchev–Trinajstić information content (AvgIpc) is 0.904. The van der Waals surface area contributed by atoms with Crippen LogP contribution in [0.5, 0.6) is 0 Å². The Labute approximate surface area is 764 Å². The van der Waals surface area contributed by atoms with Crippen LogP contribution in [-0.4, -0.2) is 95.9 Å². The zero-order valence-electron chi connectivity index (χ0n) is 79.2. The van der Waals surface area contributed by atoms with Crippen LogP contribution < -0.4 is 0 Å². The quantitative estimate of drug-likeness (QED) is 0.0146. The molecule has 0 bridgehead atoms. The first-order valence-corrected chi connectivity index (χ1v) is 53.1. The number of hydrogen-bond donors (Lipinski definition) is 4. The van der Waals surface area contributed by atoms with Crippen molar-refractivity contribution in [2.45, 2.75) is 437 Å². The molecule has 4 N–H and O–H groups in total. The van der Waals surface area contributed by atoms with Crippen LogP contribution in [0.1, 0.15) is 419 Å². The van der Waals surface area contributed by atoms with Crippen LogP contribution in [0, 0.1) is 0 Å². The molecule has 716 valence electrons.